The molecule has 12 nitrogen and oxygen atoms in total. The molecule has 204 valence electrons. The summed E-state index contributed by atoms with van der Waals surface area (Å²) in [5.41, 5.74) is 8.15. The Labute approximate surface area is 230 Å². The van der Waals surface area contributed by atoms with E-state index in [1.165, 1.54) is 12.4 Å². The minimum absolute atomic E-state index is 0.103. The van der Waals surface area contributed by atoms with Crippen molar-refractivity contribution >= 4 is 63.5 Å². The zero-order chi connectivity index (χ0) is 27.9. The number of likely N-dealkylation sites (N-methyl/N-ethyl adjacent to an activating group) is 1. The second-order valence-corrected chi connectivity index (χ2v) is 10.8. The van der Waals surface area contributed by atoms with Crippen LogP contribution < -0.4 is 21.8 Å². The number of nitrogens with one attached hydrogen (secondary N) is 3. The normalized spacial score (nSPS) is 17.6. The average molecular weight is 590 g/mol. The summed E-state index contributed by atoms with van der Waals surface area (Å²) in [6.07, 6.45) is 7.09. The number of aromatic nitrogens is 2. The highest BCUT2D eigenvalue weighted by atomic mass is 79.9. The van der Waals surface area contributed by atoms with Gasteiger partial charge < -0.3 is 31.4 Å². The highest BCUT2D eigenvalue weighted by Gasteiger charge is 2.33. The van der Waals surface area contributed by atoms with Crippen LogP contribution in [0.5, 0.6) is 0 Å². The fourth-order valence-electron chi connectivity index (χ4n) is 4.13. The molecule has 2 amide bonds. The fourth-order valence-corrected chi connectivity index (χ4v) is 4.48. The minimum atomic E-state index is -0.668. The predicted octanol–water partition coefficient (Wildman–Crippen LogP) is 3.50. The lowest BCUT2D eigenvalue weighted by Gasteiger charge is -2.38. The molecule has 13 heteroatoms. The number of carbonyl (C=O) groups excluding carboxylic acids is 2. The summed E-state index contributed by atoms with van der Waals surface area (Å²) in [6, 6.07) is 5.25. The lowest BCUT2D eigenvalue weighted by Crippen LogP contribution is -2.71. The van der Waals surface area contributed by atoms with Crippen LogP contribution in [0.25, 0.3) is 0 Å². The first kappa shape index (κ1) is 29.0. The van der Waals surface area contributed by atoms with E-state index in [4.69, 9.17) is 15.9 Å². The molecule has 0 spiro atoms. The highest BCUT2D eigenvalue weighted by molar-refractivity contribution is 9.10. The number of benzene rings is 1. The molecule has 7 N–H and O–H groups in total. The van der Waals surface area contributed by atoms with Crippen LogP contribution in [0.3, 0.4) is 0 Å². The van der Waals surface area contributed by atoms with Crippen LogP contribution in [0.1, 0.15) is 56.8 Å². The van der Waals surface area contributed by atoms with E-state index >= 15 is 0 Å². The summed E-state index contributed by atoms with van der Waals surface area (Å²) in [5.74, 6) is -0.107. The molecule has 0 bridgehead atoms. The van der Waals surface area contributed by atoms with Crippen LogP contribution in [0.15, 0.2) is 34.0 Å². The van der Waals surface area contributed by atoms with E-state index in [2.05, 4.69) is 41.6 Å². The molecule has 1 aromatic heterocycles. The van der Waals surface area contributed by atoms with Gasteiger partial charge in [0.25, 0.3) is 5.91 Å². The summed E-state index contributed by atoms with van der Waals surface area (Å²) in [4.78, 5) is 35.4. The van der Waals surface area contributed by atoms with Crippen LogP contribution in [-0.4, -0.2) is 64.0 Å². The molecule has 0 saturated heterocycles. The van der Waals surface area contributed by atoms with Gasteiger partial charge in [-0.15, -0.1) is 0 Å². The zero-order valence-corrected chi connectivity index (χ0v) is 23.6. The maximum absolute atomic E-state index is 12.7. The molecule has 1 aliphatic carbocycles. The molecule has 0 radical (unpaired) electrons. The van der Waals surface area contributed by atoms with Crippen molar-refractivity contribution in [1.29, 1.82) is 5.41 Å². The molecular weight excluding hydrogens is 554 g/mol. The van der Waals surface area contributed by atoms with Gasteiger partial charge in [-0.2, -0.15) is 10.4 Å². The molecular formula is C25H35BrN9O3+. The molecule has 3 rings (SSSR count). The number of rotatable bonds is 9. The summed E-state index contributed by atoms with van der Waals surface area (Å²) in [7, 11) is 1.75. The van der Waals surface area contributed by atoms with Crippen molar-refractivity contribution in [2.45, 2.75) is 64.1 Å². The van der Waals surface area contributed by atoms with E-state index in [-0.39, 0.29) is 29.6 Å². The Morgan fingerprint density at radius 1 is 1.32 bits per heavy atom. The number of primary amides is 1. The van der Waals surface area contributed by atoms with Gasteiger partial charge in [0.2, 0.25) is 5.95 Å². The number of hydrogen-bond donors (Lipinski definition) is 5. The molecule has 1 fully saturated rings. The number of amides is 2. The van der Waals surface area contributed by atoms with E-state index in [1.54, 1.807) is 17.4 Å². The lowest BCUT2D eigenvalue weighted by molar-refractivity contribution is -0.577. The van der Waals surface area contributed by atoms with Crippen molar-refractivity contribution in [3.63, 3.8) is 0 Å². The zero-order valence-electron chi connectivity index (χ0n) is 22.0. The molecule has 1 aromatic carbocycles. The van der Waals surface area contributed by atoms with Crippen molar-refractivity contribution in [2.75, 3.05) is 17.7 Å². The van der Waals surface area contributed by atoms with Crippen molar-refractivity contribution in [2.24, 2.45) is 10.8 Å². The number of halogens is 1. The third-order valence-corrected chi connectivity index (χ3v) is 6.63. The van der Waals surface area contributed by atoms with Gasteiger partial charge in [-0.05, 0) is 61.7 Å². The molecule has 2 atom stereocenters. The van der Waals surface area contributed by atoms with E-state index < -0.39 is 11.5 Å². The average Bonchev–Trinajstić information content (AvgIpc) is 2.85. The number of carbonyl (C=O) groups is 2. The van der Waals surface area contributed by atoms with Crippen LogP contribution in [0, 0.1) is 5.41 Å². The first-order valence-corrected chi connectivity index (χ1v) is 13.1. The Hall–Kier alpha value is -3.58. The molecule has 0 aliphatic heterocycles. The van der Waals surface area contributed by atoms with E-state index in [9.17, 15) is 9.59 Å². The van der Waals surface area contributed by atoms with Crippen molar-refractivity contribution in [3.05, 3.63) is 34.4 Å². The maximum Gasteiger partial charge on any atom is 0.410 e. The topological polar surface area (TPSA) is 175 Å². The number of hydrogen-bond acceptors (Lipinski definition) is 9. The second-order valence-electron chi connectivity index (χ2n) is 9.97. The monoisotopic (exact) mass is 588 g/mol. The largest absolute Gasteiger partial charge is 0.444 e. The summed E-state index contributed by atoms with van der Waals surface area (Å²) < 4.78 is 6.38. The Morgan fingerprint density at radius 3 is 2.74 bits per heavy atom. The van der Waals surface area contributed by atoms with Crippen molar-refractivity contribution < 1.29 is 19.8 Å². The highest BCUT2D eigenvalue weighted by Crippen LogP contribution is 2.28. The van der Waals surface area contributed by atoms with Crippen molar-refractivity contribution in [3.8, 4) is 0 Å². The Bertz CT molecular complexity index is 1200. The maximum atomic E-state index is 12.7. The Kier molecular flexibility index (Phi) is 9.75. The second kappa shape index (κ2) is 12.8. The third-order valence-electron chi connectivity index (χ3n) is 5.91. The van der Waals surface area contributed by atoms with Crippen LogP contribution >= 0.6 is 15.9 Å². The van der Waals surface area contributed by atoms with Gasteiger partial charge in [-0.3, -0.25) is 4.79 Å². The standard InChI is InChI=1S/C25H34BrN9O3/c1-25(2,3)38-24(37)35(4)20-8-6-5-7-18(20)32-23-29-14-16(21(28)36)22(33-23)31-15-9-10-17(26)19(13-15)34-30-12-11-27/h9-14,18,20,27,34H,5-8H2,1-4H3,(H2,28,36)(H2,29,31,32,33)/p+1/b27-11?,30-12-/t18-,20+/m1/s1. The first-order chi connectivity index (χ1) is 18.0. The molecule has 2 aromatic rings. The SMILES string of the molecule is CN(C(=O)OC(C)(C)C)[C@H]1CCCC[C@H]1Nc1ncc(C(N)=O)c(Nc2ccc(Br)c([NH2+]/N=C\C=N)c2)n1. The number of anilines is 3. The summed E-state index contributed by atoms with van der Waals surface area (Å²) in [6.45, 7) is 5.52. The van der Waals surface area contributed by atoms with Gasteiger partial charge in [0.1, 0.15) is 23.2 Å². The number of ether oxygens (including phenoxy) is 1. The number of nitrogens with zero attached hydrogens (tertiary/aromatic N) is 4. The molecule has 0 unspecified atom stereocenters. The first-order valence-electron chi connectivity index (χ1n) is 12.3. The van der Waals surface area contributed by atoms with E-state index in [1.807, 2.05) is 39.0 Å². The minimum Gasteiger partial charge on any atom is -0.444 e. The van der Waals surface area contributed by atoms with Crippen LogP contribution in [0.4, 0.5) is 27.9 Å². The van der Waals surface area contributed by atoms with Gasteiger partial charge in [-0.1, -0.05) is 17.9 Å². The fraction of sp³-hybridized carbons (Fsp3) is 0.440. The van der Waals surface area contributed by atoms with Crippen LogP contribution in [-0.2, 0) is 4.74 Å². The smallest absolute Gasteiger partial charge is 0.410 e. The quantitative estimate of drug-likeness (QED) is 0.129. The molecule has 1 saturated carbocycles. The third kappa shape index (κ3) is 7.96. The van der Waals surface area contributed by atoms with E-state index in [0.717, 1.165) is 42.1 Å². The summed E-state index contributed by atoms with van der Waals surface area (Å²) >= 11 is 3.48. The van der Waals surface area contributed by atoms with Crippen LogP contribution in [0.2, 0.25) is 0 Å². The molecule has 1 heterocycles. The number of nitrogens with two attached hydrogens (primary N) is 2. The molecule has 38 heavy (non-hydrogen) atoms. The lowest BCUT2D eigenvalue weighted by atomic mass is 9.89. The van der Waals surface area contributed by atoms with Gasteiger partial charge in [0.15, 0.2) is 5.69 Å². The van der Waals surface area contributed by atoms with Gasteiger partial charge >= 0.3 is 6.09 Å². The number of quaternary nitrogens is 1. The van der Waals surface area contributed by atoms with E-state index in [0.29, 0.717) is 11.6 Å². The molecule has 1 aliphatic rings. The van der Waals surface area contributed by atoms with Crippen molar-refractivity contribution in [1.82, 2.24) is 14.9 Å². The predicted molar refractivity (Wildman–Crippen MR) is 150 cm³/mol. The summed E-state index contributed by atoms with van der Waals surface area (Å²) in [5, 5.41) is 17.6. The van der Waals surface area contributed by atoms with Gasteiger partial charge in [-0.25, -0.2) is 9.78 Å². The Balaban J connectivity index is 1.83. The Morgan fingerprint density at radius 2 is 2.05 bits per heavy atom. The van der Waals surface area contributed by atoms with Gasteiger partial charge in [0.05, 0.1) is 10.5 Å². The van der Waals surface area contributed by atoms with Gasteiger partial charge in [0, 0.05) is 37.3 Å².